The summed E-state index contributed by atoms with van der Waals surface area (Å²) in [7, 11) is 0. The molecule has 4 fully saturated rings. The van der Waals surface area contributed by atoms with E-state index in [-0.39, 0.29) is 40.2 Å². The van der Waals surface area contributed by atoms with E-state index in [2.05, 4.69) is 33.8 Å². The Bertz CT molecular complexity index is 860. The van der Waals surface area contributed by atoms with Gasteiger partial charge in [0.15, 0.2) is 0 Å². The van der Waals surface area contributed by atoms with Gasteiger partial charge in [-0.3, -0.25) is 4.79 Å². The lowest BCUT2D eigenvalue weighted by molar-refractivity contribution is -0.230. The molecule has 5 rings (SSSR count). The highest BCUT2D eigenvalue weighted by atomic mass is 16.7. The van der Waals surface area contributed by atoms with Crippen LogP contribution in [0.5, 0.6) is 0 Å². The summed E-state index contributed by atoms with van der Waals surface area (Å²) < 4.78 is 11.1. The highest BCUT2D eigenvalue weighted by molar-refractivity contribution is 5.92. The first-order valence-electron chi connectivity index (χ1n) is 12.7. The van der Waals surface area contributed by atoms with Crippen LogP contribution in [0, 0.1) is 45.3 Å². The zero-order chi connectivity index (χ0) is 23.1. The first-order valence-corrected chi connectivity index (χ1v) is 12.7. The minimum absolute atomic E-state index is 0.00263. The van der Waals surface area contributed by atoms with E-state index in [4.69, 9.17) is 9.47 Å². The van der Waals surface area contributed by atoms with Gasteiger partial charge < -0.3 is 14.6 Å². The smallest absolute Gasteiger partial charge is 0.337 e. The van der Waals surface area contributed by atoms with Gasteiger partial charge in [0.25, 0.3) is 6.29 Å². The molecule has 178 valence electrons. The topological polar surface area (TPSA) is 72.8 Å². The molecule has 8 unspecified atom stereocenters. The molecule has 1 heterocycles. The van der Waals surface area contributed by atoms with E-state index in [1.165, 1.54) is 19.8 Å². The normalized spacial score (nSPS) is 49.0. The first kappa shape index (κ1) is 22.4. The van der Waals surface area contributed by atoms with Crippen LogP contribution >= 0.6 is 0 Å². The maximum Gasteiger partial charge on any atom is 0.337 e. The van der Waals surface area contributed by atoms with Crippen LogP contribution in [-0.2, 0) is 19.1 Å². The molecule has 1 saturated heterocycles. The quantitative estimate of drug-likeness (QED) is 0.606. The Morgan fingerprint density at radius 3 is 2.44 bits per heavy atom. The molecule has 0 spiro atoms. The van der Waals surface area contributed by atoms with Crippen molar-refractivity contribution in [1.82, 2.24) is 0 Å². The van der Waals surface area contributed by atoms with Crippen LogP contribution in [0.1, 0.15) is 86.0 Å². The van der Waals surface area contributed by atoms with E-state index in [9.17, 15) is 14.7 Å². The van der Waals surface area contributed by atoms with E-state index in [1.54, 1.807) is 0 Å². The number of carbonyl (C=O) groups excluding carboxylic acids is 2. The number of esters is 2. The van der Waals surface area contributed by atoms with Crippen molar-refractivity contribution >= 4 is 11.9 Å². The summed E-state index contributed by atoms with van der Waals surface area (Å²) in [5.74, 6) is 0.509. The van der Waals surface area contributed by atoms with Crippen molar-refractivity contribution in [3.8, 4) is 0 Å². The molecule has 5 nitrogen and oxygen atoms in total. The number of cyclic esters (lactones) is 1. The molecule has 0 aromatic heterocycles. The summed E-state index contributed by atoms with van der Waals surface area (Å²) in [5, 5.41) is 10.9. The first-order chi connectivity index (χ1) is 15.0. The van der Waals surface area contributed by atoms with Gasteiger partial charge in [-0.25, -0.2) is 4.79 Å². The number of carbonyl (C=O) groups is 2. The SMILES string of the molecule is CC(=O)OC1OC(=O)C2=CCC3C(C)(CCC4C3(C)CCC3C(C)(C)CCCC34CO)C21. The minimum Gasteiger partial charge on any atom is -0.425 e. The molecule has 4 aliphatic carbocycles. The number of aliphatic hydroxyl groups is 1. The van der Waals surface area contributed by atoms with Gasteiger partial charge >= 0.3 is 11.9 Å². The largest absolute Gasteiger partial charge is 0.425 e. The van der Waals surface area contributed by atoms with Gasteiger partial charge in [0.1, 0.15) is 0 Å². The second kappa shape index (κ2) is 7.07. The second-order valence-corrected chi connectivity index (χ2v) is 12.7. The van der Waals surface area contributed by atoms with E-state index in [0.29, 0.717) is 23.3 Å². The Morgan fingerprint density at radius 1 is 1.06 bits per heavy atom. The third kappa shape index (κ3) is 2.78. The van der Waals surface area contributed by atoms with E-state index < -0.39 is 12.3 Å². The zero-order valence-electron chi connectivity index (χ0n) is 20.4. The molecular weight excluding hydrogens is 404 g/mol. The third-order valence-corrected chi connectivity index (χ3v) is 11.1. The monoisotopic (exact) mass is 444 g/mol. The average molecular weight is 445 g/mol. The number of allylic oxidation sites excluding steroid dienone is 1. The van der Waals surface area contributed by atoms with Gasteiger partial charge in [0, 0.05) is 24.5 Å². The molecule has 0 radical (unpaired) electrons. The summed E-state index contributed by atoms with van der Waals surface area (Å²) in [5.41, 5.74) is 0.914. The number of aliphatic hydroxyl groups excluding tert-OH is 1. The maximum atomic E-state index is 12.6. The maximum absolute atomic E-state index is 12.6. The van der Waals surface area contributed by atoms with Crippen LogP contribution in [0.3, 0.4) is 0 Å². The molecule has 8 atom stereocenters. The lowest BCUT2D eigenvalue weighted by Crippen LogP contribution is -2.64. The van der Waals surface area contributed by atoms with Crippen molar-refractivity contribution in [3.63, 3.8) is 0 Å². The molecule has 3 saturated carbocycles. The summed E-state index contributed by atoms with van der Waals surface area (Å²) in [6.45, 7) is 11.3. The predicted octanol–water partition coefficient (Wildman–Crippen LogP) is 5.02. The van der Waals surface area contributed by atoms with Crippen LogP contribution in [0.25, 0.3) is 0 Å². The lowest BCUT2D eigenvalue weighted by Gasteiger charge is -2.69. The van der Waals surface area contributed by atoms with Crippen LogP contribution in [-0.4, -0.2) is 29.9 Å². The lowest BCUT2D eigenvalue weighted by atomic mass is 9.35. The average Bonchev–Trinajstić information content (AvgIpc) is 3.02. The Balaban J connectivity index is 1.55. The fraction of sp³-hybridized carbons (Fsp3) is 0.852. The van der Waals surface area contributed by atoms with E-state index in [1.807, 2.05) is 0 Å². The Kier molecular flexibility index (Phi) is 4.96. The molecule has 0 amide bonds. The number of hydrogen-bond donors (Lipinski definition) is 1. The Hall–Kier alpha value is -1.36. The third-order valence-electron chi connectivity index (χ3n) is 11.1. The molecule has 0 aromatic carbocycles. The fourth-order valence-corrected chi connectivity index (χ4v) is 9.90. The number of fused-ring (bicyclic) bond motifs is 7. The van der Waals surface area contributed by atoms with Crippen LogP contribution in [0.4, 0.5) is 0 Å². The number of hydrogen-bond acceptors (Lipinski definition) is 5. The molecule has 1 N–H and O–H groups in total. The van der Waals surface area contributed by atoms with Crippen LogP contribution in [0.15, 0.2) is 11.6 Å². The van der Waals surface area contributed by atoms with Crippen molar-refractivity contribution in [2.75, 3.05) is 6.61 Å². The minimum atomic E-state index is -0.809. The van der Waals surface area contributed by atoms with Crippen molar-refractivity contribution < 1.29 is 24.2 Å². The number of ether oxygens (including phenoxy) is 2. The number of rotatable bonds is 2. The van der Waals surface area contributed by atoms with E-state index in [0.717, 1.165) is 38.5 Å². The standard InChI is InChI=1S/C27H40O5/c1-16(29)31-23-21-17(22(30)32-23)7-8-19-25(4)13-9-18-24(2,3)11-6-12-27(18,15-28)20(25)10-14-26(19,21)5/h7,18-21,23,28H,6,8-15H2,1-5H3. The van der Waals surface area contributed by atoms with Crippen LogP contribution in [0.2, 0.25) is 0 Å². The Morgan fingerprint density at radius 2 is 1.75 bits per heavy atom. The highest BCUT2D eigenvalue weighted by Gasteiger charge is 2.69. The van der Waals surface area contributed by atoms with Gasteiger partial charge in [0.05, 0.1) is 5.92 Å². The zero-order valence-corrected chi connectivity index (χ0v) is 20.4. The molecule has 32 heavy (non-hydrogen) atoms. The van der Waals surface area contributed by atoms with Gasteiger partial charge in [0.2, 0.25) is 0 Å². The highest BCUT2D eigenvalue weighted by Crippen LogP contribution is 2.73. The summed E-state index contributed by atoms with van der Waals surface area (Å²) in [4.78, 5) is 24.4. The Labute approximate surface area is 192 Å². The second-order valence-electron chi connectivity index (χ2n) is 12.7. The van der Waals surface area contributed by atoms with Gasteiger partial charge in [-0.1, -0.05) is 40.2 Å². The molecule has 5 aliphatic rings. The molecule has 0 bridgehead atoms. The molecular formula is C27H40O5. The summed E-state index contributed by atoms with van der Waals surface area (Å²) in [6.07, 6.45) is 10.1. The van der Waals surface area contributed by atoms with E-state index >= 15 is 0 Å². The molecule has 0 aromatic rings. The van der Waals surface area contributed by atoms with Crippen molar-refractivity contribution in [2.45, 2.75) is 92.3 Å². The van der Waals surface area contributed by atoms with Crippen molar-refractivity contribution in [3.05, 3.63) is 11.6 Å². The molecule has 5 heteroatoms. The van der Waals surface area contributed by atoms with Crippen molar-refractivity contribution in [2.24, 2.45) is 45.3 Å². The summed E-state index contributed by atoms with van der Waals surface area (Å²) >= 11 is 0. The van der Waals surface area contributed by atoms with Crippen molar-refractivity contribution in [1.29, 1.82) is 0 Å². The van der Waals surface area contributed by atoms with Gasteiger partial charge in [-0.2, -0.15) is 0 Å². The van der Waals surface area contributed by atoms with Gasteiger partial charge in [-0.05, 0) is 78.9 Å². The van der Waals surface area contributed by atoms with Crippen LogP contribution < -0.4 is 0 Å². The predicted molar refractivity (Wildman–Crippen MR) is 120 cm³/mol. The fourth-order valence-electron chi connectivity index (χ4n) is 9.90. The summed E-state index contributed by atoms with van der Waals surface area (Å²) in [6, 6.07) is 0. The molecule has 1 aliphatic heterocycles. The van der Waals surface area contributed by atoms with Gasteiger partial charge in [-0.15, -0.1) is 0 Å².